The van der Waals surface area contributed by atoms with Gasteiger partial charge < -0.3 is 10.7 Å². The highest BCUT2D eigenvalue weighted by atomic mass is 14.7. The molecule has 2 atom stereocenters. The number of aromatic amines is 1. The highest BCUT2D eigenvalue weighted by Crippen LogP contribution is 2.36. The summed E-state index contributed by atoms with van der Waals surface area (Å²) < 4.78 is 0. The first-order valence-electron chi connectivity index (χ1n) is 6.59. The Morgan fingerprint density at radius 1 is 1.24 bits per heavy atom. The van der Waals surface area contributed by atoms with E-state index in [0.29, 0.717) is 12.0 Å². The standard InChI is InChI=1S/C15H20N2/c1-10-6-7-15-12(8-10)13(9-17-15)11-4-2-3-5-14(11)16/h6-9,11,14,17H,2-5,16H2,1H3/t11-,14+/m0/s1. The second-order valence-corrected chi connectivity index (χ2v) is 5.35. The highest BCUT2D eigenvalue weighted by Gasteiger charge is 2.25. The maximum Gasteiger partial charge on any atom is 0.0457 e. The Balaban J connectivity index is 2.07. The summed E-state index contributed by atoms with van der Waals surface area (Å²) >= 11 is 0. The number of aryl methyl sites for hydroxylation is 1. The number of nitrogens with one attached hydrogen (secondary N) is 1. The van der Waals surface area contributed by atoms with Crippen molar-refractivity contribution in [2.75, 3.05) is 0 Å². The van der Waals surface area contributed by atoms with Crippen molar-refractivity contribution >= 4 is 10.9 Å². The van der Waals surface area contributed by atoms with E-state index in [0.717, 1.165) is 0 Å². The van der Waals surface area contributed by atoms with Gasteiger partial charge in [-0.2, -0.15) is 0 Å². The largest absolute Gasteiger partial charge is 0.361 e. The Morgan fingerprint density at radius 3 is 2.88 bits per heavy atom. The van der Waals surface area contributed by atoms with Crippen molar-refractivity contribution in [3.8, 4) is 0 Å². The van der Waals surface area contributed by atoms with Gasteiger partial charge in [-0.05, 0) is 37.5 Å². The molecule has 1 aliphatic rings. The lowest BCUT2D eigenvalue weighted by molar-refractivity contribution is 0.387. The molecule has 1 aliphatic carbocycles. The summed E-state index contributed by atoms with van der Waals surface area (Å²) in [7, 11) is 0. The first-order valence-corrected chi connectivity index (χ1v) is 6.59. The van der Waals surface area contributed by atoms with E-state index in [1.807, 2.05) is 0 Å². The van der Waals surface area contributed by atoms with E-state index in [-0.39, 0.29) is 0 Å². The van der Waals surface area contributed by atoms with Gasteiger partial charge in [0, 0.05) is 29.1 Å². The van der Waals surface area contributed by atoms with Gasteiger partial charge in [-0.1, -0.05) is 24.5 Å². The smallest absolute Gasteiger partial charge is 0.0457 e. The van der Waals surface area contributed by atoms with Crippen LogP contribution >= 0.6 is 0 Å². The molecule has 1 saturated carbocycles. The van der Waals surface area contributed by atoms with Gasteiger partial charge in [0.25, 0.3) is 0 Å². The summed E-state index contributed by atoms with van der Waals surface area (Å²) in [6.45, 7) is 2.15. The Bertz CT molecular complexity index is 527. The predicted molar refractivity (Wildman–Crippen MR) is 72.2 cm³/mol. The number of H-pyrrole nitrogens is 1. The molecule has 1 aromatic carbocycles. The maximum atomic E-state index is 6.29. The van der Waals surface area contributed by atoms with Crippen molar-refractivity contribution in [1.82, 2.24) is 4.98 Å². The molecule has 2 heteroatoms. The topological polar surface area (TPSA) is 41.8 Å². The third-order valence-electron chi connectivity index (χ3n) is 4.09. The first kappa shape index (κ1) is 10.8. The van der Waals surface area contributed by atoms with Gasteiger partial charge in [0.2, 0.25) is 0 Å². The summed E-state index contributed by atoms with van der Waals surface area (Å²) in [5.74, 6) is 0.541. The molecular weight excluding hydrogens is 208 g/mol. The molecule has 1 fully saturated rings. The van der Waals surface area contributed by atoms with Gasteiger partial charge in [-0.25, -0.2) is 0 Å². The van der Waals surface area contributed by atoms with Crippen LogP contribution in [0.25, 0.3) is 10.9 Å². The van der Waals surface area contributed by atoms with Gasteiger partial charge in [0.15, 0.2) is 0 Å². The van der Waals surface area contributed by atoms with Crippen LogP contribution in [-0.4, -0.2) is 11.0 Å². The Hall–Kier alpha value is -1.28. The average Bonchev–Trinajstić information content (AvgIpc) is 2.72. The Labute approximate surface area is 102 Å². The number of rotatable bonds is 1. The molecule has 3 N–H and O–H groups in total. The van der Waals surface area contributed by atoms with Crippen LogP contribution in [0.5, 0.6) is 0 Å². The number of benzene rings is 1. The fraction of sp³-hybridized carbons (Fsp3) is 0.467. The maximum absolute atomic E-state index is 6.29. The third-order valence-corrected chi connectivity index (χ3v) is 4.09. The van der Waals surface area contributed by atoms with Crippen molar-refractivity contribution in [3.05, 3.63) is 35.5 Å². The third kappa shape index (κ3) is 1.87. The number of hydrogen-bond acceptors (Lipinski definition) is 1. The Morgan fingerprint density at radius 2 is 2.06 bits per heavy atom. The molecule has 3 rings (SSSR count). The number of hydrogen-bond donors (Lipinski definition) is 2. The minimum absolute atomic E-state index is 0.336. The van der Waals surface area contributed by atoms with E-state index in [1.54, 1.807) is 0 Å². The summed E-state index contributed by atoms with van der Waals surface area (Å²) in [5.41, 5.74) is 10.3. The number of fused-ring (bicyclic) bond motifs is 1. The van der Waals surface area contributed by atoms with Crippen molar-refractivity contribution in [1.29, 1.82) is 0 Å². The lowest BCUT2D eigenvalue weighted by atomic mass is 9.80. The second kappa shape index (κ2) is 4.19. The predicted octanol–water partition coefficient (Wildman–Crippen LogP) is 3.46. The average molecular weight is 228 g/mol. The van der Waals surface area contributed by atoms with Gasteiger partial charge in [0.1, 0.15) is 0 Å². The van der Waals surface area contributed by atoms with Gasteiger partial charge in [-0.15, -0.1) is 0 Å². The molecule has 0 aliphatic heterocycles. The van der Waals surface area contributed by atoms with Crippen molar-refractivity contribution < 1.29 is 0 Å². The monoisotopic (exact) mass is 228 g/mol. The minimum atomic E-state index is 0.336. The summed E-state index contributed by atoms with van der Waals surface area (Å²) in [6, 6.07) is 6.94. The molecule has 17 heavy (non-hydrogen) atoms. The highest BCUT2D eigenvalue weighted by molar-refractivity contribution is 5.84. The van der Waals surface area contributed by atoms with Crippen LogP contribution in [0.3, 0.4) is 0 Å². The molecular formula is C15H20N2. The SMILES string of the molecule is Cc1ccc2[nH]cc([C@@H]3CCCC[C@H]3N)c2c1. The van der Waals surface area contributed by atoms with Gasteiger partial charge in [-0.3, -0.25) is 0 Å². The van der Waals surface area contributed by atoms with Crippen molar-refractivity contribution in [2.45, 2.75) is 44.6 Å². The molecule has 1 aromatic heterocycles. The molecule has 0 bridgehead atoms. The molecule has 0 radical (unpaired) electrons. The van der Waals surface area contributed by atoms with Crippen LogP contribution in [0.1, 0.15) is 42.7 Å². The van der Waals surface area contributed by atoms with Crippen molar-refractivity contribution in [3.63, 3.8) is 0 Å². The lowest BCUT2D eigenvalue weighted by Gasteiger charge is -2.28. The van der Waals surface area contributed by atoms with Crippen LogP contribution < -0.4 is 5.73 Å². The van der Waals surface area contributed by atoms with E-state index in [1.165, 1.54) is 47.7 Å². The van der Waals surface area contributed by atoms with E-state index >= 15 is 0 Å². The number of aromatic nitrogens is 1. The first-order chi connectivity index (χ1) is 8.25. The van der Waals surface area contributed by atoms with E-state index in [9.17, 15) is 0 Å². The molecule has 0 saturated heterocycles. The Kier molecular flexibility index (Phi) is 2.67. The van der Waals surface area contributed by atoms with E-state index < -0.39 is 0 Å². The summed E-state index contributed by atoms with van der Waals surface area (Å²) in [4.78, 5) is 3.38. The van der Waals surface area contributed by atoms with Crippen LogP contribution in [0, 0.1) is 6.92 Å². The lowest BCUT2D eigenvalue weighted by Crippen LogP contribution is -2.31. The van der Waals surface area contributed by atoms with Crippen molar-refractivity contribution in [2.24, 2.45) is 5.73 Å². The summed E-state index contributed by atoms with van der Waals surface area (Å²) in [5, 5.41) is 1.37. The molecule has 0 amide bonds. The van der Waals surface area contributed by atoms with Crippen LogP contribution in [0.4, 0.5) is 0 Å². The van der Waals surface area contributed by atoms with Crippen LogP contribution in [-0.2, 0) is 0 Å². The second-order valence-electron chi connectivity index (χ2n) is 5.35. The van der Waals surface area contributed by atoms with Crippen LogP contribution in [0.2, 0.25) is 0 Å². The zero-order valence-corrected chi connectivity index (χ0v) is 10.4. The van der Waals surface area contributed by atoms with Crippen LogP contribution in [0.15, 0.2) is 24.4 Å². The van der Waals surface area contributed by atoms with Gasteiger partial charge in [0.05, 0.1) is 0 Å². The zero-order chi connectivity index (χ0) is 11.8. The molecule has 0 spiro atoms. The summed E-state index contributed by atoms with van der Waals surface area (Å²) in [6.07, 6.45) is 7.18. The van der Waals surface area contributed by atoms with E-state index in [4.69, 9.17) is 5.73 Å². The molecule has 1 heterocycles. The normalized spacial score (nSPS) is 25.3. The zero-order valence-electron chi connectivity index (χ0n) is 10.4. The van der Waals surface area contributed by atoms with Gasteiger partial charge >= 0.3 is 0 Å². The fourth-order valence-corrected chi connectivity index (χ4v) is 3.11. The fourth-order valence-electron chi connectivity index (χ4n) is 3.11. The molecule has 90 valence electrons. The quantitative estimate of drug-likeness (QED) is 0.771. The van der Waals surface area contributed by atoms with E-state index in [2.05, 4.69) is 36.3 Å². The molecule has 2 aromatic rings. The minimum Gasteiger partial charge on any atom is -0.361 e. The number of nitrogens with two attached hydrogens (primary N) is 1. The molecule has 2 nitrogen and oxygen atoms in total. The molecule has 0 unspecified atom stereocenters.